The zero-order chi connectivity index (χ0) is 14.4. The molecule has 20 heavy (non-hydrogen) atoms. The second kappa shape index (κ2) is 7.12. The van der Waals surface area contributed by atoms with Crippen molar-refractivity contribution in [2.45, 2.75) is 32.4 Å². The van der Waals surface area contributed by atoms with Crippen LogP contribution in [0, 0.1) is 0 Å². The summed E-state index contributed by atoms with van der Waals surface area (Å²) in [7, 11) is 0. The maximum absolute atomic E-state index is 10.1. The number of nitrogens with zero attached hydrogens (tertiary/aromatic N) is 2. The molecular formula is C16H21N3O. The summed E-state index contributed by atoms with van der Waals surface area (Å²) < 4.78 is 0. The van der Waals surface area contributed by atoms with Crippen molar-refractivity contribution in [3.8, 4) is 0 Å². The van der Waals surface area contributed by atoms with Gasteiger partial charge < -0.3 is 10.4 Å². The van der Waals surface area contributed by atoms with Crippen LogP contribution in [-0.2, 0) is 6.54 Å². The molecule has 0 bridgehead atoms. The van der Waals surface area contributed by atoms with E-state index in [9.17, 15) is 5.11 Å². The molecule has 0 aliphatic rings. The number of benzene rings is 1. The number of nitrogens with one attached hydrogen (secondary N) is 1. The molecule has 1 aromatic heterocycles. The van der Waals surface area contributed by atoms with Crippen molar-refractivity contribution in [2.24, 2.45) is 0 Å². The van der Waals surface area contributed by atoms with Gasteiger partial charge in [0.2, 0.25) is 0 Å². The molecule has 0 aliphatic heterocycles. The van der Waals surface area contributed by atoms with Gasteiger partial charge in [-0.1, -0.05) is 38.1 Å². The molecule has 2 N–H and O–H groups in total. The Labute approximate surface area is 119 Å². The third kappa shape index (κ3) is 4.11. The Morgan fingerprint density at radius 1 is 1.10 bits per heavy atom. The fourth-order valence-electron chi connectivity index (χ4n) is 1.99. The van der Waals surface area contributed by atoms with Gasteiger partial charge in [-0.2, -0.15) is 10.2 Å². The first-order valence-corrected chi connectivity index (χ1v) is 6.92. The molecule has 0 saturated heterocycles. The summed E-state index contributed by atoms with van der Waals surface area (Å²) in [5.41, 5.74) is 3.09. The molecule has 4 heteroatoms. The molecule has 0 radical (unpaired) electrons. The van der Waals surface area contributed by atoms with Gasteiger partial charge in [0.05, 0.1) is 11.8 Å². The summed E-state index contributed by atoms with van der Waals surface area (Å²) >= 11 is 0. The van der Waals surface area contributed by atoms with E-state index in [0.29, 0.717) is 19.0 Å². The Hall–Kier alpha value is -1.78. The van der Waals surface area contributed by atoms with Crippen LogP contribution < -0.4 is 5.32 Å². The lowest BCUT2D eigenvalue weighted by molar-refractivity contribution is 0.174. The van der Waals surface area contributed by atoms with Crippen LogP contribution in [0.3, 0.4) is 0 Å². The van der Waals surface area contributed by atoms with Crippen molar-refractivity contribution >= 4 is 0 Å². The highest BCUT2D eigenvalue weighted by Crippen LogP contribution is 2.18. The quantitative estimate of drug-likeness (QED) is 0.847. The average Bonchev–Trinajstić information content (AvgIpc) is 2.48. The summed E-state index contributed by atoms with van der Waals surface area (Å²) in [6, 6.07) is 11.9. The van der Waals surface area contributed by atoms with Crippen molar-refractivity contribution in [3.63, 3.8) is 0 Å². The number of rotatable bonds is 6. The predicted octanol–water partition coefficient (Wildman–Crippen LogP) is 2.42. The van der Waals surface area contributed by atoms with Gasteiger partial charge in [0, 0.05) is 19.3 Å². The zero-order valence-corrected chi connectivity index (χ0v) is 12.0. The number of aliphatic hydroxyl groups excluding tert-OH is 1. The summed E-state index contributed by atoms with van der Waals surface area (Å²) in [5, 5.41) is 21.1. The van der Waals surface area contributed by atoms with E-state index in [0.717, 1.165) is 11.3 Å². The lowest BCUT2D eigenvalue weighted by Crippen LogP contribution is -2.21. The van der Waals surface area contributed by atoms with Gasteiger partial charge in [0.1, 0.15) is 0 Å². The topological polar surface area (TPSA) is 58.0 Å². The number of aliphatic hydroxyl groups is 1. The van der Waals surface area contributed by atoms with E-state index in [4.69, 9.17) is 0 Å². The molecule has 106 valence electrons. The third-order valence-corrected chi connectivity index (χ3v) is 3.26. The Morgan fingerprint density at radius 3 is 2.40 bits per heavy atom. The Bertz CT molecular complexity index is 511. The first-order valence-electron chi connectivity index (χ1n) is 6.92. The van der Waals surface area contributed by atoms with Gasteiger partial charge >= 0.3 is 0 Å². The average molecular weight is 271 g/mol. The van der Waals surface area contributed by atoms with Crippen LogP contribution in [0.25, 0.3) is 0 Å². The standard InChI is InChI=1S/C16H21N3O/c1-12(2)13-5-7-14(8-6-13)16(20)11-17-10-15-4-3-9-18-19-15/h3-9,12,16-17,20H,10-11H2,1-2H3. The van der Waals surface area contributed by atoms with Gasteiger partial charge in [-0.3, -0.25) is 0 Å². The number of hydrogen-bond donors (Lipinski definition) is 2. The Balaban J connectivity index is 1.84. The van der Waals surface area contributed by atoms with E-state index in [2.05, 4.69) is 41.5 Å². The van der Waals surface area contributed by atoms with E-state index in [1.165, 1.54) is 5.56 Å². The fraction of sp³-hybridized carbons (Fsp3) is 0.375. The lowest BCUT2D eigenvalue weighted by Gasteiger charge is -2.13. The summed E-state index contributed by atoms with van der Waals surface area (Å²) in [5.74, 6) is 0.510. The molecule has 0 saturated carbocycles. The zero-order valence-electron chi connectivity index (χ0n) is 12.0. The van der Waals surface area contributed by atoms with Crippen molar-refractivity contribution in [2.75, 3.05) is 6.54 Å². The summed E-state index contributed by atoms with van der Waals surface area (Å²) in [6.45, 7) is 5.42. The van der Waals surface area contributed by atoms with Crippen molar-refractivity contribution in [3.05, 3.63) is 59.4 Å². The summed E-state index contributed by atoms with van der Waals surface area (Å²) in [4.78, 5) is 0. The highest BCUT2D eigenvalue weighted by atomic mass is 16.3. The van der Waals surface area contributed by atoms with E-state index in [1.54, 1.807) is 6.20 Å². The van der Waals surface area contributed by atoms with Crippen molar-refractivity contribution < 1.29 is 5.11 Å². The SMILES string of the molecule is CC(C)c1ccc(C(O)CNCc2cccnn2)cc1. The van der Waals surface area contributed by atoms with Gasteiger partial charge in [-0.25, -0.2) is 0 Å². The van der Waals surface area contributed by atoms with Crippen molar-refractivity contribution in [1.82, 2.24) is 15.5 Å². The molecule has 1 atom stereocenters. The normalized spacial score (nSPS) is 12.6. The molecule has 0 amide bonds. The number of aromatic nitrogens is 2. The molecular weight excluding hydrogens is 250 g/mol. The minimum Gasteiger partial charge on any atom is -0.387 e. The molecule has 0 spiro atoms. The van der Waals surface area contributed by atoms with Gasteiger partial charge in [0.15, 0.2) is 0 Å². The van der Waals surface area contributed by atoms with E-state index >= 15 is 0 Å². The van der Waals surface area contributed by atoms with Gasteiger partial charge in [0.25, 0.3) is 0 Å². The monoisotopic (exact) mass is 271 g/mol. The van der Waals surface area contributed by atoms with Crippen molar-refractivity contribution in [1.29, 1.82) is 0 Å². The van der Waals surface area contributed by atoms with Crippen LogP contribution in [-0.4, -0.2) is 21.8 Å². The molecule has 1 unspecified atom stereocenters. The molecule has 1 aromatic carbocycles. The predicted molar refractivity (Wildman–Crippen MR) is 79.2 cm³/mol. The van der Waals surface area contributed by atoms with Crippen LogP contribution in [0.5, 0.6) is 0 Å². The minimum atomic E-state index is -0.507. The first kappa shape index (κ1) is 14.6. The van der Waals surface area contributed by atoms with Gasteiger partial charge in [-0.15, -0.1) is 0 Å². The largest absolute Gasteiger partial charge is 0.387 e. The van der Waals surface area contributed by atoms with E-state index in [1.807, 2.05) is 24.3 Å². The molecule has 4 nitrogen and oxygen atoms in total. The lowest BCUT2D eigenvalue weighted by atomic mass is 10.00. The maximum Gasteiger partial charge on any atom is 0.0914 e. The van der Waals surface area contributed by atoms with Crippen LogP contribution >= 0.6 is 0 Å². The Kier molecular flexibility index (Phi) is 5.21. The molecule has 0 fully saturated rings. The Morgan fingerprint density at radius 2 is 1.80 bits per heavy atom. The molecule has 2 aromatic rings. The first-order chi connectivity index (χ1) is 9.66. The van der Waals surface area contributed by atoms with Crippen LogP contribution in [0.15, 0.2) is 42.6 Å². The van der Waals surface area contributed by atoms with Crippen LogP contribution in [0.1, 0.15) is 42.7 Å². The smallest absolute Gasteiger partial charge is 0.0914 e. The van der Waals surface area contributed by atoms with Gasteiger partial charge in [-0.05, 0) is 29.2 Å². The third-order valence-electron chi connectivity index (χ3n) is 3.26. The second-order valence-corrected chi connectivity index (χ2v) is 5.18. The highest BCUT2D eigenvalue weighted by Gasteiger charge is 2.08. The second-order valence-electron chi connectivity index (χ2n) is 5.18. The molecule has 2 rings (SSSR count). The minimum absolute atomic E-state index is 0.498. The van der Waals surface area contributed by atoms with Crippen LogP contribution in [0.4, 0.5) is 0 Å². The molecule has 0 aliphatic carbocycles. The fourth-order valence-corrected chi connectivity index (χ4v) is 1.99. The van der Waals surface area contributed by atoms with E-state index in [-0.39, 0.29) is 0 Å². The summed E-state index contributed by atoms with van der Waals surface area (Å²) in [6.07, 6.45) is 1.14. The number of hydrogen-bond acceptors (Lipinski definition) is 4. The van der Waals surface area contributed by atoms with Crippen LogP contribution in [0.2, 0.25) is 0 Å². The highest BCUT2D eigenvalue weighted by molar-refractivity contribution is 5.26. The maximum atomic E-state index is 10.1. The van der Waals surface area contributed by atoms with E-state index < -0.39 is 6.10 Å². The molecule has 1 heterocycles.